The number of rotatable bonds is 18. The van der Waals surface area contributed by atoms with E-state index in [1.807, 2.05) is 0 Å². The summed E-state index contributed by atoms with van der Waals surface area (Å²) in [5.74, 6) is -4.58. The Balaban J connectivity index is 0.000000309. The lowest BCUT2D eigenvalue weighted by Crippen LogP contribution is -2.63. The van der Waals surface area contributed by atoms with Crippen LogP contribution in [0, 0.1) is 0 Å². The summed E-state index contributed by atoms with van der Waals surface area (Å²) in [6.07, 6.45) is -41.3. The number of aldehydes is 1. The van der Waals surface area contributed by atoms with Gasteiger partial charge in [0, 0.05) is 0 Å². The Morgan fingerprint density at radius 2 is 0.783 bits per heavy atom. The van der Waals surface area contributed by atoms with Crippen LogP contribution in [0.5, 0.6) is 0 Å². The van der Waals surface area contributed by atoms with Gasteiger partial charge in [0.25, 0.3) is 0 Å². The highest BCUT2D eigenvalue weighted by Crippen LogP contribution is 2.38. The van der Waals surface area contributed by atoms with Crippen molar-refractivity contribution < 1.29 is 165 Å². The fourth-order valence-electron chi connectivity index (χ4n) is 7.26. The van der Waals surface area contributed by atoms with Crippen LogP contribution in [0.2, 0.25) is 0 Å². The number of ether oxygens (including phenoxy) is 8. The fraction of sp³-hybridized carbons (Fsp3) is 0.972. The molecule has 0 aromatic heterocycles. The lowest BCUT2D eigenvalue weighted by atomic mass is 9.98. The van der Waals surface area contributed by atoms with E-state index >= 15 is 0 Å². The van der Waals surface area contributed by atoms with E-state index in [1.165, 1.54) is 0 Å². The monoisotopic (exact) mass is 1030 g/mol. The Morgan fingerprint density at radius 3 is 1.12 bits per heavy atom. The van der Waals surface area contributed by atoms with Gasteiger partial charge in [0.1, 0.15) is 148 Å². The predicted molar refractivity (Wildman–Crippen MR) is 207 cm³/mol. The molecule has 0 amide bonds. The first-order chi connectivity index (χ1) is 32.4. The molecule has 0 radical (unpaired) electrons. The summed E-state index contributed by atoms with van der Waals surface area (Å²) in [4.78, 5) is 9.90. The molecule has 5 aliphatic rings. The second kappa shape index (κ2) is 27.1. The summed E-state index contributed by atoms with van der Waals surface area (Å²) in [6.45, 7) is -6.22. The molecule has 5 saturated heterocycles. The molecule has 5 rings (SSSR count). The SMILES string of the molecule is O=C[C@H](O)[C@@H](O)[C@H](O)[C@H](O)CO.OC[C@H]1O[C@@](CO)(O[C@H]2O[C@H](CO)[C@@H](O)[C@H](O)[C@H]2O)[C@@H](O)[C@@H]1O.OC[C@H]1O[C@H](OC[C@H]2O[C@H](O[C@]3(CO)O[C@H](CO)[C@@H](O)[C@@H]3O)[C@H](O)[C@@H](O)[C@@H]2O)[C@H](O)[C@@H](O)[C@H]1O. The van der Waals surface area contributed by atoms with E-state index in [1.54, 1.807) is 0 Å². The Bertz CT molecular complexity index is 1490. The minimum atomic E-state index is -2.36. The minimum Gasteiger partial charge on any atom is -0.394 e. The third-order valence-electron chi connectivity index (χ3n) is 11.7. The van der Waals surface area contributed by atoms with E-state index in [4.69, 9.17) is 73.6 Å². The lowest BCUT2D eigenvalue weighted by Gasteiger charge is -2.44. The van der Waals surface area contributed by atoms with Crippen LogP contribution >= 0.6 is 0 Å². The van der Waals surface area contributed by atoms with E-state index in [0.29, 0.717) is 0 Å². The van der Waals surface area contributed by atoms with Crippen LogP contribution in [-0.4, -0.2) is 346 Å². The van der Waals surface area contributed by atoms with Crippen molar-refractivity contribution in [1.29, 1.82) is 0 Å². The van der Waals surface area contributed by atoms with E-state index in [9.17, 15) is 91.6 Å². The predicted octanol–water partition coefficient (Wildman–Crippen LogP) is -16.3. The van der Waals surface area contributed by atoms with Crippen LogP contribution in [0.4, 0.5) is 0 Å². The molecule has 0 saturated carbocycles. The molecule has 5 fully saturated rings. The molecule has 24 N–H and O–H groups in total. The quantitative estimate of drug-likeness (QED) is 0.0567. The first-order valence-electron chi connectivity index (χ1n) is 20.9. The number of aliphatic hydroxyl groups excluding tert-OH is 24. The maximum Gasteiger partial charge on any atom is 0.224 e. The first-order valence-corrected chi connectivity index (χ1v) is 20.9. The highest BCUT2D eigenvalue weighted by molar-refractivity contribution is 5.56. The maximum absolute atomic E-state index is 10.3. The summed E-state index contributed by atoms with van der Waals surface area (Å²) in [5, 5.41) is 229. The second-order valence-electron chi connectivity index (χ2n) is 16.3. The van der Waals surface area contributed by atoms with Crippen molar-refractivity contribution in [1.82, 2.24) is 0 Å². The number of hydrogen-bond acceptors (Lipinski definition) is 33. The summed E-state index contributed by atoms with van der Waals surface area (Å²) in [6, 6.07) is 0. The van der Waals surface area contributed by atoms with E-state index in [0.717, 1.165) is 0 Å². The molecule has 0 unspecified atom stereocenters. The standard InChI is InChI=1S/C18H32O16.C12H22O11.C6H12O6/c19-1-5-8(22)11(25)13(27)16(31-5)30-3-7-9(23)12(26)14(28)17(32-7)34-18(4-21)15(29)10(24)6(2-20)33-18;13-1-4-6(16)8(18)9(19)11(21-4)23-12(3-15)10(20)7(17)5(2-14)22-12;7-1-3(9)5(11)6(12)4(10)2-8/h5-17,19-29H,1-4H2;4-11,13-20H,1-3H2;1,3-6,8-12H,2H2/t5-,6-,7-,8+,9-,10-,11+,12+,13-,14-,15+,16+,17-,18+;4-,5-,6-,7-,8+,9-,10+,11-,12+;3-,4+,5+,6+/m110/s1. The zero-order valence-electron chi connectivity index (χ0n) is 36.1. The van der Waals surface area contributed by atoms with Gasteiger partial charge in [-0.05, 0) is 0 Å². The Hall–Kier alpha value is -1.61. The van der Waals surface area contributed by atoms with Gasteiger partial charge in [-0.1, -0.05) is 0 Å². The highest BCUT2D eigenvalue weighted by atomic mass is 16.8. The van der Waals surface area contributed by atoms with Gasteiger partial charge in [-0.15, -0.1) is 0 Å². The number of hydrogen-bond donors (Lipinski definition) is 24. The molecule has 0 spiro atoms. The van der Waals surface area contributed by atoms with Crippen molar-refractivity contribution in [3.63, 3.8) is 0 Å². The van der Waals surface area contributed by atoms with Gasteiger partial charge in [-0.3, -0.25) is 0 Å². The average molecular weight is 1030 g/mol. The normalized spacial score (nSPS) is 46.4. The number of carbonyl (C=O) groups excluding carboxylic acids is 1. The summed E-state index contributed by atoms with van der Waals surface area (Å²) < 4.78 is 41.9. The molecule has 0 bridgehead atoms. The zero-order chi connectivity index (χ0) is 52.5. The van der Waals surface area contributed by atoms with Crippen molar-refractivity contribution in [3.8, 4) is 0 Å². The molecular weight excluding hydrogens is 960 g/mol. The largest absolute Gasteiger partial charge is 0.394 e. The Labute approximate surface area is 389 Å². The van der Waals surface area contributed by atoms with E-state index in [-0.39, 0.29) is 6.29 Å². The zero-order valence-corrected chi connectivity index (χ0v) is 36.1. The molecule has 33 nitrogen and oxygen atoms in total. The van der Waals surface area contributed by atoms with Crippen LogP contribution in [0.3, 0.4) is 0 Å². The third kappa shape index (κ3) is 13.8. The molecule has 27 atom stereocenters. The number of carbonyl (C=O) groups is 1. The maximum atomic E-state index is 10.3. The molecule has 0 aromatic rings. The highest BCUT2D eigenvalue weighted by Gasteiger charge is 2.60. The molecule has 33 heteroatoms. The van der Waals surface area contributed by atoms with Crippen LogP contribution in [-0.2, 0) is 42.7 Å². The molecule has 0 aromatic carbocycles. The molecule has 69 heavy (non-hydrogen) atoms. The van der Waals surface area contributed by atoms with Gasteiger partial charge in [0.15, 0.2) is 25.2 Å². The first kappa shape index (κ1) is 61.7. The third-order valence-corrected chi connectivity index (χ3v) is 11.7. The van der Waals surface area contributed by atoms with E-state index in [2.05, 4.69) is 0 Å². The summed E-state index contributed by atoms with van der Waals surface area (Å²) in [5.41, 5.74) is 0. The summed E-state index contributed by atoms with van der Waals surface area (Å²) in [7, 11) is 0. The smallest absolute Gasteiger partial charge is 0.224 e. The Kier molecular flexibility index (Phi) is 24.2. The van der Waals surface area contributed by atoms with Gasteiger partial charge in [-0.25, -0.2) is 0 Å². The topological polar surface area (TPSA) is 576 Å². The van der Waals surface area contributed by atoms with Crippen LogP contribution in [0.25, 0.3) is 0 Å². The van der Waals surface area contributed by atoms with Crippen molar-refractivity contribution in [2.45, 2.75) is 165 Å². The molecule has 5 heterocycles. The average Bonchev–Trinajstić information content (AvgIpc) is 3.75. The van der Waals surface area contributed by atoms with Gasteiger partial charge in [0.05, 0.1) is 39.6 Å². The van der Waals surface area contributed by atoms with Crippen molar-refractivity contribution >= 4 is 6.29 Å². The molecule has 5 aliphatic heterocycles. The van der Waals surface area contributed by atoms with Gasteiger partial charge < -0.3 is 165 Å². The van der Waals surface area contributed by atoms with Gasteiger partial charge in [0.2, 0.25) is 11.6 Å². The van der Waals surface area contributed by atoms with Crippen molar-refractivity contribution in [2.75, 3.05) is 52.9 Å². The molecular formula is C36H66O33. The van der Waals surface area contributed by atoms with Gasteiger partial charge in [-0.2, -0.15) is 0 Å². The number of aliphatic hydroxyl groups is 24. The molecule has 0 aliphatic carbocycles. The van der Waals surface area contributed by atoms with Crippen LogP contribution in [0.15, 0.2) is 0 Å². The fourth-order valence-corrected chi connectivity index (χ4v) is 7.26. The van der Waals surface area contributed by atoms with Crippen LogP contribution in [0.1, 0.15) is 0 Å². The summed E-state index contributed by atoms with van der Waals surface area (Å²) >= 11 is 0. The van der Waals surface area contributed by atoms with Crippen LogP contribution < -0.4 is 0 Å². The van der Waals surface area contributed by atoms with Crippen molar-refractivity contribution in [2.24, 2.45) is 0 Å². The lowest BCUT2D eigenvalue weighted by molar-refractivity contribution is -0.388. The second-order valence-corrected chi connectivity index (χ2v) is 16.3. The minimum absolute atomic E-state index is 0.0258. The van der Waals surface area contributed by atoms with E-state index < -0.39 is 218 Å². The Morgan fingerprint density at radius 1 is 0.435 bits per heavy atom. The van der Waals surface area contributed by atoms with Crippen molar-refractivity contribution in [3.05, 3.63) is 0 Å². The van der Waals surface area contributed by atoms with Gasteiger partial charge >= 0.3 is 0 Å². The molecule has 408 valence electrons.